The van der Waals surface area contributed by atoms with Gasteiger partial charge in [0.05, 0.1) is 12.2 Å². The zero-order valence-corrected chi connectivity index (χ0v) is 12.0. The maximum absolute atomic E-state index is 11.8. The van der Waals surface area contributed by atoms with Gasteiger partial charge in [0.15, 0.2) is 0 Å². The number of ether oxygens (including phenoxy) is 1. The van der Waals surface area contributed by atoms with Crippen LogP contribution in [0.1, 0.15) is 25.5 Å². The minimum atomic E-state index is -0.938. The van der Waals surface area contributed by atoms with Crippen molar-refractivity contribution >= 4 is 28.6 Å². The lowest BCUT2D eigenvalue weighted by Crippen LogP contribution is -2.15. The molecule has 0 aliphatic heterocycles. The second-order valence-electron chi connectivity index (χ2n) is 3.48. The van der Waals surface area contributed by atoms with Gasteiger partial charge in [-0.05, 0) is 42.0 Å². The Morgan fingerprint density at radius 2 is 2.00 bits per heavy atom. The first-order valence-electron chi connectivity index (χ1n) is 5.34. The SMILES string of the molecule is CCOC(=O)/C(=C(/C)I)C(O)c1ccccc1. The Balaban J connectivity index is 3.02. The molecule has 0 radical (unpaired) electrons. The van der Waals surface area contributed by atoms with Gasteiger partial charge in [0, 0.05) is 3.58 Å². The molecule has 92 valence electrons. The van der Waals surface area contributed by atoms with E-state index in [1.807, 2.05) is 40.8 Å². The summed E-state index contributed by atoms with van der Waals surface area (Å²) < 4.78 is 5.68. The van der Waals surface area contributed by atoms with Crippen LogP contribution < -0.4 is 0 Å². The third-order valence-electron chi connectivity index (χ3n) is 2.26. The van der Waals surface area contributed by atoms with Crippen LogP contribution in [0.3, 0.4) is 0 Å². The normalized spacial score (nSPS) is 13.9. The van der Waals surface area contributed by atoms with Crippen LogP contribution in [-0.4, -0.2) is 17.7 Å². The Morgan fingerprint density at radius 3 is 2.47 bits per heavy atom. The molecule has 1 N–H and O–H groups in total. The molecule has 0 aliphatic rings. The first-order valence-corrected chi connectivity index (χ1v) is 6.42. The highest BCUT2D eigenvalue weighted by Crippen LogP contribution is 2.27. The highest BCUT2D eigenvalue weighted by Gasteiger charge is 2.23. The third kappa shape index (κ3) is 3.81. The fourth-order valence-electron chi connectivity index (χ4n) is 1.45. The summed E-state index contributed by atoms with van der Waals surface area (Å²) in [5.74, 6) is -0.462. The highest BCUT2D eigenvalue weighted by molar-refractivity contribution is 14.1. The van der Waals surface area contributed by atoms with E-state index < -0.39 is 12.1 Å². The largest absolute Gasteiger partial charge is 0.463 e. The molecule has 0 aromatic heterocycles. The van der Waals surface area contributed by atoms with Crippen molar-refractivity contribution in [3.63, 3.8) is 0 Å². The molecule has 1 unspecified atom stereocenters. The average molecular weight is 346 g/mol. The number of hydrogen-bond donors (Lipinski definition) is 1. The molecule has 0 bridgehead atoms. The molecule has 1 rings (SSSR count). The van der Waals surface area contributed by atoms with Gasteiger partial charge in [-0.2, -0.15) is 0 Å². The number of aliphatic hydroxyl groups is 1. The Labute approximate surface area is 115 Å². The number of carbonyl (C=O) groups excluding carboxylic acids is 1. The lowest BCUT2D eigenvalue weighted by Gasteiger charge is -2.15. The Morgan fingerprint density at radius 1 is 1.41 bits per heavy atom. The maximum Gasteiger partial charge on any atom is 0.337 e. The highest BCUT2D eigenvalue weighted by atomic mass is 127. The van der Waals surface area contributed by atoms with E-state index in [4.69, 9.17) is 4.74 Å². The lowest BCUT2D eigenvalue weighted by atomic mass is 10.0. The number of aliphatic hydroxyl groups excluding tert-OH is 1. The molecule has 0 spiro atoms. The first kappa shape index (κ1) is 14.2. The number of rotatable bonds is 4. The summed E-state index contributed by atoms with van der Waals surface area (Å²) >= 11 is 2.02. The molecule has 1 aromatic rings. The van der Waals surface area contributed by atoms with E-state index in [0.717, 1.165) is 3.58 Å². The van der Waals surface area contributed by atoms with E-state index in [0.29, 0.717) is 17.7 Å². The van der Waals surface area contributed by atoms with Gasteiger partial charge in [-0.1, -0.05) is 30.3 Å². The topological polar surface area (TPSA) is 46.5 Å². The average Bonchev–Trinajstić information content (AvgIpc) is 2.30. The summed E-state index contributed by atoms with van der Waals surface area (Å²) in [5, 5.41) is 10.2. The molecule has 1 atom stereocenters. The fraction of sp³-hybridized carbons (Fsp3) is 0.308. The second kappa shape index (κ2) is 6.76. The van der Waals surface area contributed by atoms with E-state index in [9.17, 15) is 9.90 Å². The zero-order chi connectivity index (χ0) is 12.8. The summed E-state index contributed by atoms with van der Waals surface area (Å²) in [6, 6.07) is 9.07. The molecule has 0 saturated carbocycles. The lowest BCUT2D eigenvalue weighted by molar-refractivity contribution is -0.139. The van der Waals surface area contributed by atoms with Gasteiger partial charge in [0.1, 0.15) is 6.10 Å². The van der Waals surface area contributed by atoms with Gasteiger partial charge in [-0.25, -0.2) is 4.79 Å². The van der Waals surface area contributed by atoms with Crippen LogP contribution >= 0.6 is 22.6 Å². The van der Waals surface area contributed by atoms with Gasteiger partial charge >= 0.3 is 5.97 Å². The van der Waals surface area contributed by atoms with Gasteiger partial charge in [0.2, 0.25) is 0 Å². The van der Waals surface area contributed by atoms with Crippen LogP contribution in [-0.2, 0) is 9.53 Å². The van der Waals surface area contributed by atoms with Crippen molar-refractivity contribution in [1.29, 1.82) is 0 Å². The van der Waals surface area contributed by atoms with Crippen LogP contribution in [0.15, 0.2) is 39.5 Å². The molecule has 1 aromatic carbocycles. The van der Waals surface area contributed by atoms with Crippen LogP contribution in [0.2, 0.25) is 0 Å². The predicted molar refractivity (Wildman–Crippen MR) is 74.8 cm³/mol. The van der Waals surface area contributed by atoms with Gasteiger partial charge in [-0.15, -0.1) is 0 Å². The summed E-state index contributed by atoms with van der Waals surface area (Å²) in [4.78, 5) is 11.8. The number of halogens is 1. The van der Waals surface area contributed by atoms with E-state index in [-0.39, 0.29) is 0 Å². The number of hydrogen-bond acceptors (Lipinski definition) is 3. The number of carbonyl (C=O) groups is 1. The molecule has 17 heavy (non-hydrogen) atoms. The summed E-state index contributed by atoms with van der Waals surface area (Å²) in [6.07, 6.45) is -0.938. The minimum absolute atomic E-state index is 0.299. The van der Waals surface area contributed by atoms with Crippen LogP contribution in [0.4, 0.5) is 0 Å². The molecular formula is C13H15IO3. The Bertz CT molecular complexity index is 408. The van der Waals surface area contributed by atoms with Crippen molar-refractivity contribution in [3.8, 4) is 0 Å². The van der Waals surface area contributed by atoms with Crippen molar-refractivity contribution < 1.29 is 14.6 Å². The monoisotopic (exact) mass is 346 g/mol. The number of benzene rings is 1. The van der Waals surface area contributed by atoms with Crippen LogP contribution in [0, 0.1) is 0 Å². The van der Waals surface area contributed by atoms with Gasteiger partial charge in [-0.3, -0.25) is 0 Å². The molecule has 0 amide bonds. The Kier molecular flexibility index (Phi) is 5.64. The molecule has 3 nitrogen and oxygen atoms in total. The van der Waals surface area contributed by atoms with Crippen LogP contribution in [0.25, 0.3) is 0 Å². The molecular weight excluding hydrogens is 331 g/mol. The third-order valence-corrected chi connectivity index (χ3v) is 2.84. The van der Waals surface area contributed by atoms with E-state index in [2.05, 4.69) is 0 Å². The van der Waals surface area contributed by atoms with E-state index in [1.54, 1.807) is 26.0 Å². The molecule has 0 saturated heterocycles. The molecule has 0 fully saturated rings. The number of esters is 1. The van der Waals surface area contributed by atoms with Crippen molar-refractivity contribution in [1.82, 2.24) is 0 Å². The van der Waals surface area contributed by atoms with Crippen molar-refractivity contribution in [2.75, 3.05) is 6.61 Å². The van der Waals surface area contributed by atoms with Crippen LogP contribution in [0.5, 0.6) is 0 Å². The van der Waals surface area contributed by atoms with Gasteiger partial charge < -0.3 is 9.84 Å². The second-order valence-corrected chi connectivity index (χ2v) is 5.10. The van der Waals surface area contributed by atoms with E-state index in [1.165, 1.54) is 0 Å². The van der Waals surface area contributed by atoms with E-state index >= 15 is 0 Å². The minimum Gasteiger partial charge on any atom is -0.463 e. The predicted octanol–water partition coefficient (Wildman–Crippen LogP) is 2.99. The maximum atomic E-state index is 11.8. The molecule has 0 heterocycles. The van der Waals surface area contributed by atoms with Crippen molar-refractivity contribution in [2.24, 2.45) is 0 Å². The van der Waals surface area contributed by atoms with Crippen molar-refractivity contribution in [2.45, 2.75) is 20.0 Å². The summed E-state index contributed by atoms with van der Waals surface area (Å²) in [6.45, 7) is 3.82. The smallest absolute Gasteiger partial charge is 0.337 e. The standard InChI is InChI=1S/C13H15IO3/c1-3-17-13(16)11(9(2)14)12(15)10-7-5-4-6-8-10/h4-8,12,15H,3H2,1-2H3/b11-9-. The van der Waals surface area contributed by atoms with Crippen molar-refractivity contribution in [3.05, 3.63) is 45.0 Å². The fourth-order valence-corrected chi connectivity index (χ4v) is 1.97. The molecule has 4 heteroatoms. The molecule has 0 aliphatic carbocycles. The summed E-state index contributed by atoms with van der Waals surface area (Å²) in [5.41, 5.74) is 0.991. The zero-order valence-electron chi connectivity index (χ0n) is 9.81. The van der Waals surface area contributed by atoms with Gasteiger partial charge in [0.25, 0.3) is 0 Å². The number of allylic oxidation sites excluding steroid dienone is 1. The summed E-state index contributed by atoms with van der Waals surface area (Å²) in [7, 11) is 0. The quantitative estimate of drug-likeness (QED) is 0.518. The Hall–Kier alpha value is -0.880. The first-order chi connectivity index (χ1) is 8.07.